The first kappa shape index (κ1) is 12.6. The number of piperazine rings is 1. The van der Waals surface area contributed by atoms with Crippen molar-refractivity contribution >= 4 is 11.6 Å². The number of halogens is 1. The molecule has 0 aliphatic carbocycles. The molecule has 104 valence electrons. The van der Waals surface area contributed by atoms with Crippen molar-refractivity contribution in [1.82, 2.24) is 20.3 Å². The Kier molecular flexibility index (Phi) is 3.32. The van der Waals surface area contributed by atoms with Gasteiger partial charge < -0.3 is 9.80 Å². The second-order valence-corrected chi connectivity index (χ2v) is 4.61. The number of amides is 1. The number of aromatic amines is 1. The number of nitrogens with zero attached hydrogens (tertiary/aromatic N) is 4. The Hall–Kier alpha value is -2.44. The molecule has 1 aliphatic rings. The Morgan fingerprint density at radius 1 is 1.15 bits per heavy atom. The van der Waals surface area contributed by atoms with Gasteiger partial charge in [-0.3, -0.25) is 4.79 Å². The third-order valence-electron chi connectivity index (χ3n) is 3.39. The van der Waals surface area contributed by atoms with E-state index in [2.05, 4.69) is 20.3 Å². The topological polar surface area (TPSA) is 65.1 Å². The molecule has 0 saturated carbocycles. The van der Waals surface area contributed by atoms with Crippen molar-refractivity contribution in [2.24, 2.45) is 0 Å². The molecule has 1 aromatic carbocycles. The third-order valence-corrected chi connectivity index (χ3v) is 3.39. The summed E-state index contributed by atoms with van der Waals surface area (Å²) in [6.07, 6.45) is 1.43. The lowest BCUT2D eigenvalue weighted by Gasteiger charge is -2.35. The fourth-order valence-corrected chi connectivity index (χ4v) is 2.29. The summed E-state index contributed by atoms with van der Waals surface area (Å²) in [6.45, 7) is 2.66. The third kappa shape index (κ3) is 2.47. The fourth-order valence-electron chi connectivity index (χ4n) is 2.29. The van der Waals surface area contributed by atoms with Crippen LogP contribution in [0.4, 0.5) is 10.1 Å². The van der Waals surface area contributed by atoms with E-state index < -0.39 is 0 Å². The molecule has 1 N–H and O–H groups in total. The van der Waals surface area contributed by atoms with E-state index in [-0.39, 0.29) is 11.7 Å². The number of hydrogen-bond donors (Lipinski definition) is 1. The molecule has 6 nitrogen and oxygen atoms in total. The number of carbonyl (C=O) groups excluding carboxylic acids is 1. The number of anilines is 1. The standard InChI is InChI=1S/C13H14FN5O/c14-10-1-3-11(4-2-10)18-5-7-19(8-6-18)13(20)12-9-15-17-16-12/h1-4,9H,5-8H2,(H,15,16,17). The highest BCUT2D eigenvalue weighted by atomic mass is 19.1. The molecule has 1 saturated heterocycles. The van der Waals surface area contributed by atoms with E-state index in [0.717, 1.165) is 18.8 Å². The van der Waals surface area contributed by atoms with Gasteiger partial charge in [0.15, 0.2) is 5.69 Å². The Balaban J connectivity index is 1.62. The van der Waals surface area contributed by atoms with Crippen molar-refractivity contribution in [3.63, 3.8) is 0 Å². The minimum atomic E-state index is -0.242. The van der Waals surface area contributed by atoms with Crippen molar-refractivity contribution in [3.05, 3.63) is 42.0 Å². The van der Waals surface area contributed by atoms with Crippen molar-refractivity contribution in [2.75, 3.05) is 31.1 Å². The number of hydrogen-bond acceptors (Lipinski definition) is 4. The highest BCUT2D eigenvalue weighted by Crippen LogP contribution is 2.17. The first-order chi connectivity index (χ1) is 9.74. The molecule has 3 rings (SSSR count). The number of carbonyl (C=O) groups is 1. The lowest BCUT2D eigenvalue weighted by molar-refractivity contribution is 0.0741. The number of aromatic nitrogens is 3. The van der Waals surface area contributed by atoms with Crippen LogP contribution >= 0.6 is 0 Å². The molecule has 1 aromatic heterocycles. The van der Waals surface area contributed by atoms with E-state index in [1.807, 2.05) is 0 Å². The van der Waals surface area contributed by atoms with E-state index in [4.69, 9.17) is 0 Å². The van der Waals surface area contributed by atoms with Gasteiger partial charge in [0, 0.05) is 31.9 Å². The molecule has 7 heteroatoms. The van der Waals surface area contributed by atoms with Crippen molar-refractivity contribution in [3.8, 4) is 0 Å². The normalized spacial score (nSPS) is 15.4. The maximum atomic E-state index is 12.9. The van der Waals surface area contributed by atoms with E-state index in [9.17, 15) is 9.18 Å². The average molecular weight is 275 g/mol. The Labute approximate surface area is 115 Å². The second-order valence-electron chi connectivity index (χ2n) is 4.61. The number of H-pyrrole nitrogens is 1. The summed E-state index contributed by atoms with van der Waals surface area (Å²) < 4.78 is 12.9. The van der Waals surface area contributed by atoms with Gasteiger partial charge in [0.05, 0.1) is 6.20 Å². The lowest BCUT2D eigenvalue weighted by atomic mass is 10.2. The Morgan fingerprint density at radius 3 is 2.45 bits per heavy atom. The Bertz CT molecular complexity index is 575. The van der Waals surface area contributed by atoms with E-state index >= 15 is 0 Å². The van der Waals surface area contributed by atoms with Crippen LogP contribution in [0.3, 0.4) is 0 Å². The van der Waals surface area contributed by atoms with Crippen LogP contribution < -0.4 is 4.90 Å². The number of benzene rings is 1. The number of rotatable bonds is 2. The summed E-state index contributed by atoms with van der Waals surface area (Å²) in [5.74, 6) is -0.355. The number of nitrogens with one attached hydrogen (secondary N) is 1. The summed E-state index contributed by atoms with van der Waals surface area (Å²) in [7, 11) is 0. The van der Waals surface area contributed by atoms with Crippen LogP contribution in [0.1, 0.15) is 10.5 Å². The predicted molar refractivity (Wildman–Crippen MR) is 70.9 cm³/mol. The first-order valence-corrected chi connectivity index (χ1v) is 6.39. The molecule has 2 aromatic rings. The molecular formula is C13H14FN5O. The van der Waals surface area contributed by atoms with E-state index in [1.165, 1.54) is 18.3 Å². The quantitative estimate of drug-likeness (QED) is 0.884. The first-order valence-electron chi connectivity index (χ1n) is 6.39. The van der Waals surface area contributed by atoms with Crippen LogP contribution in [0.25, 0.3) is 0 Å². The van der Waals surface area contributed by atoms with E-state index in [0.29, 0.717) is 18.8 Å². The average Bonchev–Trinajstić information content (AvgIpc) is 3.02. The van der Waals surface area contributed by atoms with Gasteiger partial charge in [0.1, 0.15) is 5.82 Å². The summed E-state index contributed by atoms with van der Waals surface area (Å²) in [5, 5.41) is 9.87. The zero-order valence-electron chi connectivity index (χ0n) is 10.8. The summed E-state index contributed by atoms with van der Waals surface area (Å²) in [4.78, 5) is 16.0. The van der Waals surface area contributed by atoms with Gasteiger partial charge in [-0.2, -0.15) is 15.4 Å². The zero-order chi connectivity index (χ0) is 13.9. The molecule has 1 amide bonds. The van der Waals surface area contributed by atoms with Gasteiger partial charge in [0.2, 0.25) is 0 Å². The molecular weight excluding hydrogens is 261 g/mol. The highest BCUT2D eigenvalue weighted by Gasteiger charge is 2.23. The molecule has 0 atom stereocenters. The van der Waals surface area contributed by atoms with Crippen molar-refractivity contribution < 1.29 is 9.18 Å². The van der Waals surface area contributed by atoms with Gasteiger partial charge in [-0.25, -0.2) is 4.39 Å². The molecule has 2 heterocycles. The van der Waals surface area contributed by atoms with Gasteiger partial charge in [-0.15, -0.1) is 0 Å². The molecule has 20 heavy (non-hydrogen) atoms. The fraction of sp³-hybridized carbons (Fsp3) is 0.308. The van der Waals surface area contributed by atoms with Gasteiger partial charge in [-0.05, 0) is 24.3 Å². The molecule has 0 radical (unpaired) electrons. The second kappa shape index (κ2) is 5.28. The molecule has 0 unspecified atom stereocenters. The maximum Gasteiger partial charge on any atom is 0.276 e. The smallest absolute Gasteiger partial charge is 0.276 e. The van der Waals surface area contributed by atoms with Gasteiger partial charge in [-0.1, -0.05) is 0 Å². The largest absolute Gasteiger partial charge is 0.368 e. The molecule has 0 bridgehead atoms. The van der Waals surface area contributed by atoms with Crippen LogP contribution in [0.15, 0.2) is 30.5 Å². The van der Waals surface area contributed by atoms with Crippen LogP contribution in [0.5, 0.6) is 0 Å². The van der Waals surface area contributed by atoms with Gasteiger partial charge >= 0.3 is 0 Å². The zero-order valence-corrected chi connectivity index (χ0v) is 10.8. The predicted octanol–water partition coefficient (Wildman–Crippen LogP) is 0.906. The minimum Gasteiger partial charge on any atom is -0.368 e. The molecule has 1 fully saturated rings. The Morgan fingerprint density at radius 2 is 1.85 bits per heavy atom. The molecule has 0 spiro atoms. The summed E-state index contributed by atoms with van der Waals surface area (Å²) in [5.41, 5.74) is 1.31. The van der Waals surface area contributed by atoms with E-state index in [1.54, 1.807) is 17.0 Å². The van der Waals surface area contributed by atoms with Crippen LogP contribution in [0.2, 0.25) is 0 Å². The maximum absolute atomic E-state index is 12.9. The molecule has 1 aliphatic heterocycles. The lowest BCUT2D eigenvalue weighted by Crippen LogP contribution is -2.48. The summed E-state index contributed by atoms with van der Waals surface area (Å²) in [6, 6.07) is 6.40. The minimum absolute atomic E-state index is 0.113. The van der Waals surface area contributed by atoms with Crippen molar-refractivity contribution in [2.45, 2.75) is 0 Å². The van der Waals surface area contributed by atoms with Crippen LogP contribution in [-0.2, 0) is 0 Å². The van der Waals surface area contributed by atoms with Crippen LogP contribution in [-0.4, -0.2) is 52.4 Å². The van der Waals surface area contributed by atoms with Crippen molar-refractivity contribution in [1.29, 1.82) is 0 Å². The van der Waals surface area contributed by atoms with Gasteiger partial charge in [0.25, 0.3) is 5.91 Å². The monoisotopic (exact) mass is 275 g/mol. The van der Waals surface area contributed by atoms with Crippen LogP contribution in [0, 0.1) is 5.82 Å². The highest BCUT2D eigenvalue weighted by molar-refractivity contribution is 5.92. The summed E-state index contributed by atoms with van der Waals surface area (Å²) >= 11 is 0. The SMILES string of the molecule is O=C(c1cn[nH]n1)N1CCN(c2ccc(F)cc2)CC1.